The van der Waals surface area contributed by atoms with Crippen molar-refractivity contribution in [3.8, 4) is 10.4 Å². The number of nitrogens with one attached hydrogen (secondary N) is 2. The minimum absolute atomic E-state index is 0.0103. The van der Waals surface area contributed by atoms with Gasteiger partial charge in [0.1, 0.15) is 10.7 Å². The summed E-state index contributed by atoms with van der Waals surface area (Å²) < 4.78 is 0. The second-order valence-electron chi connectivity index (χ2n) is 6.85. The number of carbonyl (C=O) groups excluding carboxylic acids is 1. The summed E-state index contributed by atoms with van der Waals surface area (Å²) in [5.41, 5.74) is 0.832. The van der Waals surface area contributed by atoms with Crippen molar-refractivity contribution in [3.05, 3.63) is 38.6 Å². The maximum Gasteiger partial charge on any atom is 0.260 e. The van der Waals surface area contributed by atoms with Crippen LogP contribution in [0.3, 0.4) is 0 Å². The van der Waals surface area contributed by atoms with Crippen molar-refractivity contribution in [2.75, 3.05) is 5.75 Å². The van der Waals surface area contributed by atoms with Gasteiger partial charge in [0.15, 0.2) is 0 Å². The molecule has 0 unspecified atom stereocenters. The summed E-state index contributed by atoms with van der Waals surface area (Å²) in [6.07, 6.45) is 0. The van der Waals surface area contributed by atoms with Crippen LogP contribution in [0.2, 0.25) is 0 Å². The predicted molar refractivity (Wildman–Crippen MR) is 117 cm³/mol. The maximum atomic E-state index is 12.6. The Morgan fingerprint density at radius 3 is 2.78 bits per heavy atom. The van der Waals surface area contributed by atoms with E-state index in [2.05, 4.69) is 42.1 Å². The summed E-state index contributed by atoms with van der Waals surface area (Å²) in [4.78, 5) is 35.1. The number of aromatic nitrogens is 2. The van der Waals surface area contributed by atoms with E-state index in [-0.39, 0.29) is 17.5 Å². The maximum absolute atomic E-state index is 12.6. The Morgan fingerprint density at radius 1 is 1.33 bits per heavy atom. The first kappa shape index (κ1) is 20.1. The van der Waals surface area contributed by atoms with Crippen molar-refractivity contribution >= 4 is 50.6 Å². The van der Waals surface area contributed by atoms with E-state index in [9.17, 15) is 9.59 Å². The van der Waals surface area contributed by atoms with Gasteiger partial charge in [0.2, 0.25) is 5.91 Å². The Kier molecular flexibility index (Phi) is 6.39. The van der Waals surface area contributed by atoms with Crippen molar-refractivity contribution in [2.24, 2.45) is 5.92 Å². The summed E-state index contributed by atoms with van der Waals surface area (Å²) in [5, 5.41) is 5.63. The molecule has 27 heavy (non-hydrogen) atoms. The van der Waals surface area contributed by atoms with Crippen molar-refractivity contribution in [3.63, 3.8) is 0 Å². The molecule has 1 amide bonds. The lowest BCUT2D eigenvalue weighted by molar-refractivity contribution is -0.119. The molecule has 8 heteroatoms. The monoisotopic (exact) mass is 421 g/mol. The first-order chi connectivity index (χ1) is 12.8. The highest BCUT2D eigenvalue weighted by atomic mass is 32.2. The van der Waals surface area contributed by atoms with E-state index >= 15 is 0 Å². The molecule has 144 valence electrons. The molecule has 3 aromatic heterocycles. The fourth-order valence-corrected chi connectivity index (χ4v) is 5.15. The lowest BCUT2D eigenvalue weighted by Gasteiger charge is -2.17. The molecule has 0 spiro atoms. The number of hydrogen-bond acceptors (Lipinski definition) is 6. The Bertz CT molecular complexity index is 1000. The zero-order chi connectivity index (χ0) is 19.6. The summed E-state index contributed by atoms with van der Waals surface area (Å²) in [5.74, 6) is 1.87. The number of H-pyrrole nitrogens is 1. The number of fused-ring (bicyclic) bond motifs is 1. The third-order valence-electron chi connectivity index (χ3n) is 4.36. The highest BCUT2D eigenvalue weighted by Gasteiger charge is 2.15. The third-order valence-corrected chi connectivity index (χ3v) is 7.21. The topological polar surface area (TPSA) is 74.8 Å². The molecule has 0 fully saturated rings. The second kappa shape index (κ2) is 8.58. The van der Waals surface area contributed by atoms with Gasteiger partial charge in [0.25, 0.3) is 5.56 Å². The molecule has 0 saturated heterocycles. The molecular formula is C19H23N3O2S3. The number of thiophene rings is 2. The summed E-state index contributed by atoms with van der Waals surface area (Å²) >= 11 is 4.61. The van der Waals surface area contributed by atoms with Gasteiger partial charge in [-0.1, -0.05) is 13.8 Å². The van der Waals surface area contributed by atoms with Crippen molar-refractivity contribution < 1.29 is 4.79 Å². The van der Waals surface area contributed by atoms with Gasteiger partial charge in [-0.25, -0.2) is 4.98 Å². The van der Waals surface area contributed by atoms with Crippen LogP contribution in [0, 0.1) is 12.8 Å². The largest absolute Gasteiger partial charge is 0.353 e. The van der Waals surface area contributed by atoms with Crippen molar-refractivity contribution in [2.45, 2.75) is 39.5 Å². The van der Waals surface area contributed by atoms with Gasteiger partial charge in [-0.15, -0.1) is 34.4 Å². The van der Waals surface area contributed by atoms with Gasteiger partial charge in [-0.3, -0.25) is 9.59 Å². The lowest BCUT2D eigenvalue weighted by Crippen LogP contribution is -2.37. The minimum Gasteiger partial charge on any atom is -0.353 e. The zero-order valence-corrected chi connectivity index (χ0v) is 18.2. The number of aromatic amines is 1. The molecule has 0 aliphatic carbocycles. The molecule has 0 radical (unpaired) electrons. The van der Waals surface area contributed by atoms with E-state index in [1.165, 1.54) is 28.0 Å². The first-order valence-electron chi connectivity index (χ1n) is 8.79. The standard InChI is InChI=1S/C19H23N3O2S3/c1-10(2)12(4)20-16(23)9-25-8-15-21-18(24)17-13(7-26-19(17)22-15)14-6-5-11(3)27-14/h5-7,10,12H,8-9H2,1-4H3,(H,20,23)(H,21,22,24)/t12-/m0/s1. The smallest absolute Gasteiger partial charge is 0.260 e. The van der Waals surface area contributed by atoms with Crippen molar-refractivity contribution in [1.82, 2.24) is 15.3 Å². The van der Waals surface area contributed by atoms with Gasteiger partial charge >= 0.3 is 0 Å². The average Bonchev–Trinajstić information content (AvgIpc) is 3.21. The molecule has 3 heterocycles. The molecule has 0 aliphatic heterocycles. The number of rotatable bonds is 7. The molecule has 3 aromatic rings. The summed E-state index contributed by atoms with van der Waals surface area (Å²) in [6.45, 7) is 8.21. The number of carbonyl (C=O) groups is 1. The minimum atomic E-state index is -0.115. The van der Waals surface area contributed by atoms with Gasteiger partial charge in [0, 0.05) is 26.7 Å². The van der Waals surface area contributed by atoms with E-state index in [4.69, 9.17) is 0 Å². The molecule has 0 aliphatic rings. The number of hydrogen-bond donors (Lipinski definition) is 2. The first-order valence-corrected chi connectivity index (χ1v) is 11.6. The van der Waals surface area contributed by atoms with Crippen LogP contribution in [-0.4, -0.2) is 27.7 Å². The molecule has 0 aromatic carbocycles. The molecule has 0 bridgehead atoms. The van der Waals surface area contributed by atoms with Crippen LogP contribution < -0.4 is 10.9 Å². The van der Waals surface area contributed by atoms with E-state index in [1.54, 1.807) is 11.3 Å². The molecule has 1 atom stereocenters. The van der Waals surface area contributed by atoms with E-state index in [0.717, 1.165) is 15.3 Å². The Balaban J connectivity index is 1.69. The quantitative estimate of drug-likeness (QED) is 0.592. The Labute approximate surface area is 170 Å². The van der Waals surface area contributed by atoms with Gasteiger partial charge in [0.05, 0.1) is 16.9 Å². The van der Waals surface area contributed by atoms with Crippen LogP contribution in [0.25, 0.3) is 20.7 Å². The summed E-state index contributed by atoms with van der Waals surface area (Å²) in [7, 11) is 0. The predicted octanol–water partition coefficient (Wildman–Crippen LogP) is 4.42. The molecule has 2 N–H and O–H groups in total. The second-order valence-corrected chi connectivity index (χ2v) is 9.98. The highest BCUT2D eigenvalue weighted by Crippen LogP contribution is 2.35. The number of amides is 1. The molecular weight excluding hydrogens is 398 g/mol. The zero-order valence-electron chi connectivity index (χ0n) is 15.8. The van der Waals surface area contributed by atoms with Crippen LogP contribution in [0.5, 0.6) is 0 Å². The van der Waals surface area contributed by atoms with Gasteiger partial charge < -0.3 is 10.3 Å². The van der Waals surface area contributed by atoms with Crippen LogP contribution in [0.4, 0.5) is 0 Å². The highest BCUT2D eigenvalue weighted by molar-refractivity contribution is 7.99. The normalized spacial score (nSPS) is 12.6. The average molecular weight is 422 g/mol. The number of nitrogens with zero attached hydrogens (tertiary/aromatic N) is 1. The fraction of sp³-hybridized carbons (Fsp3) is 0.421. The van der Waals surface area contributed by atoms with Crippen LogP contribution in [-0.2, 0) is 10.5 Å². The molecule has 3 rings (SSSR count). The summed E-state index contributed by atoms with van der Waals surface area (Å²) in [6, 6.07) is 4.25. The van der Waals surface area contributed by atoms with E-state index in [1.807, 2.05) is 18.4 Å². The molecule has 5 nitrogen and oxygen atoms in total. The SMILES string of the molecule is Cc1ccc(-c2csc3nc(CSCC(=O)N[C@@H](C)C(C)C)[nH]c(=O)c23)s1. The van der Waals surface area contributed by atoms with Gasteiger partial charge in [-0.05, 0) is 31.9 Å². The van der Waals surface area contributed by atoms with Crippen LogP contribution in [0.1, 0.15) is 31.5 Å². The molecule has 0 saturated carbocycles. The van der Waals surface area contributed by atoms with Crippen LogP contribution >= 0.6 is 34.4 Å². The number of aryl methyl sites for hydroxylation is 1. The Morgan fingerprint density at radius 2 is 2.11 bits per heavy atom. The van der Waals surface area contributed by atoms with Crippen LogP contribution in [0.15, 0.2) is 22.3 Å². The van der Waals surface area contributed by atoms with E-state index < -0.39 is 0 Å². The lowest BCUT2D eigenvalue weighted by atomic mass is 10.1. The van der Waals surface area contributed by atoms with Crippen molar-refractivity contribution in [1.29, 1.82) is 0 Å². The third kappa shape index (κ3) is 4.80. The fourth-order valence-electron chi connectivity index (χ4n) is 2.53. The van der Waals surface area contributed by atoms with Gasteiger partial charge in [-0.2, -0.15) is 0 Å². The van der Waals surface area contributed by atoms with E-state index in [0.29, 0.717) is 28.6 Å². The number of thioether (sulfide) groups is 1. The Hall–Kier alpha value is -1.64.